The lowest BCUT2D eigenvalue weighted by molar-refractivity contribution is -0.384. The Morgan fingerprint density at radius 3 is 2.74 bits per heavy atom. The molecule has 1 aliphatic rings. The van der Waals surface area contributed by atoms with Crippen LogP contribution in [0.25, 0.3) is 0 Å². The fraction of sp³-hybridized carbons (Fsp3) is 0.267. The van der Waals surface area contributed by atoms with E-state index in [4.69, 9.17) is 14.6 Å². The van der Waals surface area contributed by atoms with Gasteiger partial charge < -0.3 is 19.9 Å². The van der Waals surface area contributed by atoms with E-state index in [2.05, 4.69) is 10.3 Å². The fourth-order valence-electron chi connectivity index (χ4n) is 2.34. The summed E-state index contributed by atoms with van der Waals surface area (Å²) in [5.74, 6) is -2.40. The summed E-state index contributed by atoms with van der Waals surface area (Å²) in [5.41, 5.74) is -1.09. The maximum absolute atomic E-state index is 14.2. The van der Waals surface area contributed by atoms with Crippen molar-refractivity contribution >= 4 is 17.4 Å². The molecule has 0 radical (unpaired) electrons. The van der Waals surface area contributed by atoms with Crippen LogP contribution in [0.2, 0.25) is 0 Å². The van der Waals surface area contributed by atoms with Gasteiger partial charge in [0.1, 0.15) is 0 Å². The van der Waals surface area contributed by atoms with E-state index in [1.165, 1.54) is 12.1 Å². The standard InChI is InChI=1S/C15H13FN4O7/c16-10-5-19(11-7-26-12(6-21)27-11)15(23)18-13(10)17-14(22)8-1-3-9(4-2-8)20(24)25/h1-5,11-12,21H,6-7H2,(H,17,18,22,23)/t11-,12-/m1/s1. The molecule has 1 aliphatic heterocycles. The number of non-ortho nitro benzene ring substituents is 1. The number of amides is 1. The third kappa shape index (κ3) is 3.97. The van der Waals surface area contributed by atoms with Crippen LogP contribution in [0.5, 0.6) is 0 Å². The number of halogens is 1. The van der Waals surface area contributed by atoms with Crippen molar-refractivity contribution in [1.29, 1.82) is 0 Å². The molecule has 2 N–H and O–H groups in total. The third-order valence-corrected chi connectivity index (χ3v) is 3.67. The molecule has 0 aliphatic carbocycles. The lowest BCUT2D eigenvalue weighted by Gasteiger charge is -2.13. The van der Waals surface area contributed by atoms with E-state index in [1.54, 1.807) is 0 Å². The first-order valence-electron chi connectivity index (χ1n) is 7.61. The molecular formula is C15H13FN4O7. The predicted octanol–water partition coefficient (Wildman–Crippen LogP) is 0.407. The molecule has 12 heteroatoms. The number of ether oxygens (including phenoxy) is 2. The van der Waals surface area contributed by atoms with E-state index in [9.17, 15) is 24.1 Å². The van der Waals surface area contributed by atoms with Crippen LogP contribution in [0.4, 0.5) is 15.9 Å². The van der Waals surface area contributed by atoms with Crippen LogP contribution >= 0.6 is 0 Å². The summed E-state index contributed by atoms with van der Waals surface area (Å²) >= 11 is 0. The van der Waals surface area contributed by atoms with Gasteiger partial charge in [0, 0.05) is 17.7 Å². The summed E-state index contributed by atoms with van der Waals surface area (Å²) in [6.07, 6.45) is -1.09. The molecular weight excluding hydrogens is 367 g/mol. The molecule has 27 heavy (non-hydrogen) atoms. The van der Waals surface area contributed by atoms with Crippen LogP contribution < -0.4 is 11.0 Å². The second kappa shape index (κ2) is 7.57. The maximum Gasteiger partial charge on any atom is 0.351 e. The highest BCUT2D eigenvalue weighted by molar-refractivity contribution is 6.03. The van der Waals surface area contributed by atoms with Crippen LogP contribution in [0, 0.1) is 15.9 Å². The predicted molar refractivity (Wildman–Crippen MR) is 86.5 cm³/mol. The smallest absolute Gasteiger partial charge is 0.351 e. The van der Waals surface area contributed by atoms with Gasteiger partial charge in [-0.3, -0.25) is 19.5 Å². The fourth-order valence-corrected chi connectivity index (χ4v) is 2.34. The number of nitro groups is 1. The zero-order valence-corrected chi connectivity index (χ0v) is 13.6. The number of benzene rings is 1. The second-order valence-corrected chi connectivity index (χ2v) is 5.42. The van der Waals surface area contributed by atoms with Crippen LogP contribution in [0.1, 0.15) is 16.6 Å². The highest BCUT2D eigenvalue weighted by Crippen LogP contribution is 2.20. The topological polar surface area (TPSA) is 146 Å². The average molecular weight is 380 g/mol. The first-order valence-corrected chi connectivity index (χ1v) is 7.61. The molecule has 1 amide bonds. The average Bonchev–Trinajstić information content (AvgIpc) is 3.13. The van der Waals surface area contributed by atoms with Crippen molar-refractivity contribution in [2.75, 3.05) is 18.5 Å². The van der Waals surface area contributed by atoms with Gasteiger partial charge in [-0.1, -0.05) is 0 Å². The SMILES string of the molecule is O=C(Nc1nc(=O)n([C@H]2CO[C@@H](CO)O2)cc1F)c1ccc([N+](=O)[O-])cc1. The number of nitrogens with zero attached hydrogens (tertiary/aromatic N) is 3. The zero-order chi connectivity index (χ0) is 19.6. The van der Waals surface area contributed by atoms with Crippen molar-refractivity contribution in [3.8, 4) is 0 Å². The molecule has 1 fully saturated rings. The summed E-state index contributed by atoms with van der Waals surface area (Å²) in [7, 11) is 0. The van der Waals surface area contributed by atoms with Gasteiger partial charge in [-0.05, 0) is 12.1 Å². The first kappa shape index (κ1) is 18.6. The quantitative estimate of drug-likeness (QED) is 0.560. The van der Waals surface area contributed by atoms with Gasteiger partial charge in [0.05, 0.1) is 24.3 Å². The lowest BCUT2D eigenvalue weighted by atomic mass is 10.2. The van der Waals surface area contributed by atoms with Gasteiger partial charge in [0.25, 0.3) is 11.6 Å². The molecule has 2 aromatic rings. The number of aliphatic hydroxyl groups excluding tert-OH is 1. The van der Waals surface area contributed by atoms with E-state index >= 15 is 0 Å². The summed E-state index contributed by atoms with van der Waals surface area (Å²) in [5, 5.41) is 21.7. The monoisotopic (exact) mass is 380 g/mol. The van der Waals surface area contributed by atoms with Gasteiger partial charge in [-0.2, -0.15) is 4.98 Å². The molecule has 1 saturated heterocycles. The largest absolute Gasteiger partial charge is 0.391 e. The Bertz CT molecular complexity index is 931. The molecule has 142 valence electrons. The third-order valence-electron chi connectivity index (χ3n) is 3.67. The van der Waals surface area contributed by atoms with Crippen LogP contribution in [0.15, 0.2) is 35.3 Å². The molecule has 0 bridgehead atoms. The number of hydrogen-bond acceptors (Lipinski definition) is 8. The molecule has 1 aromatic heterocycles. The van der Waals surface area contributed by atoms with Crippen molar-refractivity contribution in [2.45, 2.75) is 12.5 Å². The summed E-state index contributed by atoms with van der Waals surface area (Å²) in [6.45, 7) is -0.509. The molecule has 2 heterocycles. The minimum absolute atomic E-state index is 0.0179. The number of rotatable bonds is 5. The van der Waals surface area contributed by atoms with E-state index < -0.39 is 47.3 Å². The van der Waals surface area contributed by atoms with Gasteiger partial charge in [-0.25, -0.2) is 9.18 Å². The Morgan fingerprint density at radius 1 is 1.44 bits per heavy atom. The van der Waals surface area contributed by atoms with Gasteiger partial charge >= 0.3 is 5.69 Å². The Kier molecular flexibility index (Phi) is 5.21. The number of carbonyl (C=O) groups is 1. The number of anilines is 1. The number of aliphatic hydroxyl groups is 1. The van der Waals surface area contributed by atoms with Crippen molar-refractivity contribution < 1.29 is 28.7 Å². The first-order chi connectivity index (χ1) is 12.9. The van der Waals surface area contributed by atoms with Crippen LogP contribution in [-0.4, -0.2) is 45.0 Å². The molecule has 1 aromatic carbocycles. The zero-order valence-electron chi connectivity index (χ0n) is 13.6. The lowest BCUT2D eigenvalue weighted by Crippen LogP contribution is -2.30. The van der Waals surface area contributed by atoms with E-state index in [0.717, 1.165) is 22.9 Å². The number of hydrogen-bond donors (Lipinski definition) is 2. The normalized spacial score (nSPS) is 19.0. The maximum atomic E-state index is 14.2. The van der Waals surface area contributed by atoms with E-state index in [0.29, 0.717) is 0 Å². The number of nitro benzene ring substituents is 1. The summed E-state index contributed by atoms with van der Waals surface area (Å²) < 4.78 is 25.3. The Morgan fingerprint density at radius 2 is 2.15 bits per heavy atom. The molecule has 0 spiro atoms. The highest BCUT2D eigenvalue weighted by Gasteiger charge is 2.28. The summed E-state index contributed by atoms with van der Waals surface area (Å²) in [4.78, 5) is 37.6. The van der Waals surface area contributed by atoms with Crippen molar-refractivity contribution in [3.05, 3.63) is 62.4 Å². The minimum Gasteiger partial charge on any atom is -0.391 e. The van der Waals surface area contributed by atoms with Crippen molar-refractivity contribution in [3.63, 3.8) is 0 Å². The van der Waals surface area contributed by atoms with Crippen LogP contribution in [-0.2, 0) is 9.47 Å². The van der Waals surface area contributed by atoms with E-state index in [1.807, 2.05) is 0 Å². The van der Waals surface area contributed by atoms with Gasteiger partial charge in [0.15, 0.2) is 24.2 Å². The Labute approximate surface area is 150 Å². The van der Waals surface area contributed by atoms with Gasteiger partial charge in [0.2, 0.25) is 0 Å². The molecule has 0 saturated carbocycles. The molecule has 11 nitrogen and oxygen atoms in total. The van der Waals surface area contributed by atoms with E-state index in [-0.39, 0.29) is 17.9 Å². The Balaban J connectivity index is 1.77. The summed E-state index contributed by atoms with van der Waals surface area (Å²) in [6, 6.07) is 4.61. The number of nitrogens with one attached hydrogen (secondary N) is 1. The highest BCUT2D eigenvalue weighted by atomic mass is 19.1. The van der Waals surface area contributed by atoms with Crippen molar-refractivity contribution in [2.24, 2.45) is 0 Å². The number of carbonyl (C=O) groups excluding carboxylic acids is 1. The van der Waals surface area contributed by atoms with Gasteiger partial charge in [-0.15, -0.1) is 0 Å². The molecule has 2 atom stereocenters. The minimum atomic E-state index is -0.999. The Hall–Kier alpha value is -3.22. The number of aromatic nitrogens is 2. The second-order valence-electron chi connectivity index (χ2n) is 5.42. The molecule has 3 rings (SSSR count). The van der Waals surface area contributed by atoms with Crippen molar-refractivity contribution in [1.82, 2.24) is 9.55 Å². The van der Waals surface area contributed by atoms with Crippen LogP contribution in [0.3, 0.4) is 0 Å². The molecule has 0 unspecified atom stereocenters.